The molecule has 29 heavy (non-hydrogen) atoms. The molecule has 0 atom stereocenters. The van der Waals surface area contributed by atoms with Gasteiger partial charge in [0.1, 0.15) is 11.5 Å². The van der Waals surface area contributed by atoms with E-state index in [2.05, 4.69) is 5.32 Å². The molecule has 2 heterocycles. The highest BCUT2D eigenvalue weighted by atomic mass is 35.5. The normalized spacial score (nSPS) is 14.1. The Hall–Kier alpha value is -3.31. The van der Waals surface area contributed by atoms with Gasteiger partial charge in [-0.25, -0.2) is 0 Å². The van der Waals surface area contributed by atoms with Crippen LogP contribution >= 0.6 is 11.6 Å². The Kier molecular flexibility index (Phi) is 4.99. The molecule has 3 aromatic rings. The molecule has 0 spiro atoms. The van der Waals surface area contributed by atoms with Gasteiger partial charge < -0.3 is 9.73 Å². The Morgan fingerprint density at radius 1 is 1.00 bits per heavy atom. The fourth-order valence-electron chi connectivity index (χ4n) is 3.25. The number of carbonyl (C=O) groups excluding carboxylic acids is 2. The van der Waals surface area contributed by atoms with E-state index in [9.17, 15) is 9.59 Å². The predicted molar refractivity (Wildman–Crippen MR) is 112 cm³/mol. The van der Waals surface area contributed by atoms with Crippen LogP contribution in [0.25, 0.3) is 5.57 Å². The molecule has 4 rings (SSSR count). The standard InChI is InChI=1S/C23H19ClN2O3/c1-14-5-8-16(9-6-14)20-21(25-19-12-17(24)10-7-15(19)2)23(28)26(22(20)27)13-18-4-3-11-29-18/h3-12,25H,13H2,1-2H3. The molecule has 146 valence electrons. The Bertz CT molecular complexity index is 1120. The van der Waals surface area contributed by atoms with Gasteiger partial charge in [-0.3, -0.25) is 14.5 Å². The number of nitrogens with one attached hydrogen (secondary N) is 1. The third-order valence-electron chi connectivity index (χ3n) is 4.86. The molecule has 0 aliphatic carbocycles. The fraction of sp³-hybridized carbons (Fsp3) is 0.130. The lowest BCUT2D eigenvalue weighted by molar-refractivity contribution is -0.137. The van der Waals surface area contributed by atoms with Gasteiger partial charge in [-0.1, -0.05) is 47.5 Å². The molecule has 0 radical (unpaired) electrons. The van der Waals surface area contributed by atoms with Crippen molar-refractivity contribution >= 4 is 34.7 Å². The molecule has 0 unspecified atom stereocenters. The number of halogens is 1. The highest BCUT2D eigenvalue weighted by molar-refractivity contribution is 6.36. The lowest BCUT2D eigenvalue weighted by atomic mass is 10.0. The molecule has 1 aliphatic heterocycles. The third kappa shape index (κ3) is 3.69. The van der Waals surface area contributed by atoms with Crippen LogP contribution in [0.2, 0.25) is 5.02 Å². The van der Waals surface area contributed by atoms with Gasteiger partial charge in [-0.15, -0.1) is 0 Å². The second-order valence-electron chi connectivity index (χ2n) is 6.98. The largest absolute Gasteiger partial charge is 0.467 e. The summed E-state index contributed by atoms with van der Waals surface area (Å²) in [5, 5.41) is 3.70. The van der Waals surface area contributed by atoms with Gasteiger partial charge in [0.15, 0.2) is 0 Å². The molecule has 0 fully saturated rings. The minimum atomic E-state index is -0.402. The maximum absolute atomic E-state index is 13.2. The van der Waals surface area contributed by atoms with E-state index in [1.54, 1.807) is 24.3 Å². The first-order chi connectivity index (χ1) is 13.9. The van der Waals surface area contributed by atoms with Crippen molar-refractivity contribution in [1.29, 1.82) is 0 Å². The average Bonchev–Trinajstić information content (AvgIpc) is 3.29. The molecule has 1 aromatic heterocycles. The fourth-order valence-corrected chi connectivity index (χ4v) is 3.42. The van der Waals surface area contributed by atoms with Crippen molar-refractivity contribution in [3.8, 4) is 0 Å². The van der Waals surface area contributed by atoms with Crippen LogP contribution in [0.15, 0.2) is 71.0 Å². The summed E-state index contributed by atoms with van der Waals surface area (Å²) in [4.78, 5) is 27.6. The zero-order valence-corrected chi connectivity index (χ0v) is 16.8. The van der Waals surface area contributed by atoms with Crippen molar-refractivity contribution in [1.82, 2.24) is 4.90 Å². The summed E-state index contributed by atoms with van der Waals surface area (Å²) in [7, 11) is 0. The smallest absolute Gasteiger partial charge is 0.278 e. The van der Waals surface area contributed by atoms with E-state index in [1.165, 1.54) is 11.2 Å². The van der Waals surface area contributed by atoms with Gasteiger partial charge >= 0.3 is 0 Å². The Balaban J connectivity index is 1.78. The van der Waals surface area contributed by atoms with Gasteiger partial charge in [0.25, 0.3) is 11.8 Å². The quantitative estimate of drug-likeness (QED) is 0.609. The molecule has 0 saturated carbocycles. The van der Waals surface area contributed by atoms with E-state index in [4.69, 9.17) is 16.0 Å². The first-order valence-electron chi connectivity index (χ1n) is 9.17. The van der Waals surface area contributed by atoms with Crippen LogP contribution < -0.4 is 5.32 Å². The number of anilines is 1. The lowest BCUT2D eigenvalue weighted by Crippen LogP contribution is -2.31. The highest BCUT2D eigenvalue weighted by Crippen LogP contribution is 2.33. The molecular weight excluding hydrogens is 388 g/mol. The number of aryl methyl sites for hydroxylation is 2. The molecule has 5 nitrogen and oxygen atoms in total. The van der Waals surface area contributed by atoms with Crippen molar-refractivity contribution < 1.29 is 14.0 Å². The number of hydrogen-bond donors (Lipinski definition) is 1. The second-order valence-corrected chi connectivity index (χ2v) is 7.41. The maximum Gasteiger partial charge on any atom is 0.278 e. The summed E-state index contributed by atoms with van der Waals surface area (Å²) in [6.45, 7) is 3.95. The SMILES string of the molecule is Cc1ccc(C2=C(Nc3cc(Cl)ccc3C)C(=O)N(Cc3ccco3)C2=O)cc1. The molecule has 1 N–H and O–H groups in total. The molecular formula is C23H19ClN2O3. The summed E-state index contributed by atoms with van der Waals surface area (Å²) in [5.41, 5.74) is 3.90. The summed E-state index contributed by atoms with van der Waals surface area (Å²) in [6.07, 6.45) is 1.52. The van der Waals surface area contributed by atoms with E-state index in [0.29, 0.717) is 27.6 Å². The van der Waals surface area contributed by atoms with Crippen LogP contribution in [0.1, 0.15) is 22.5 Å². The molecule has 2 aromatic carbocycles. The number of nitrogens with zero attached hydrogens (tertiary/aromatic N) is 1. The van der Waals surface area contributed by atoms with E-state index in [-0.39, 0.29) is 18.1 Å². The number of benzene rings is 2. The second kappa shape index (κ2) is 7.60. The van der Waals surface area contributed by atoms with Crippen molar-refractivity contribution in [3.63, 3.8) is 0 Å². The summed E-state index contributed by atoms with van der Waals surface area (Å²) < 4.78 is 5.33. The molecule has 0 saturated heterocycles. The van der Waals surface area contributed by atoms with Crippen molar-refractivity contribution in [2.75, 3.05) is 5.32 Å². The Morgan fingerprint density at radius 3 is 2.45 bits per heavy atom. The van der Waals surface area contributed by atoms with E-state index < -0.39 is 5.91 Å². The van der Waals surface area contributed by atoms with E-state index in [1.807, 2.05) is 44.2 Å². The van der Waals surface area contributed by atoms with Gasteiger partial charge in [0.2, 0.25) is 0 Å². The zero-order valence-electron chi connectivity index (χ0n) is 16.0. The van der Waals surface area contributed by atoms with Crippen LogP contribution in [0.3, 0.4) is 0 Å². The van der Waals surface area contributed by atoms with Gasteiger partial charge in [-0.05, 0) is 49.2 Å². The summed E-state index contributed by atoms with van der Waals surface area (Å²) in [5.74, 6) is -0.228. The number of carbonyl (C=O) groups is 2. The number of amides is 2. The topological polar surface area (TPSA) is 62.6 Å². The number of imide groups is 1. The van der Waals surface area contributed by atoms with Crippen molar-refractivity contribution in [2.45, 2.75) is 20.4 Å². The minimum Gasteiger partial charge on any atom is -0.467 e. The van der Waals surface area contributed by atoms with Gasteiger partial charge in [-0.2, -0.15) is 0 Å². The average molecular weight is 407 g/mol. The lowest BCUT2D eigenvalue weighted by Gasteiger charge is -2.14. The van der Waals surface area contributed by atoms with Crippen molar-refractivity contribution in [3.05, 3.63) is 94.0 Å². The Morgan fingerprint density at radius 2 is 1.76 bits per heavy atom. The zero-order chi connectivity index (χ0) is 20.5. The van der Waals surface area contributed by atoms with Crippen LogP contribution in [0.4, 0.5) is 5.69 Å². The Labute approximate surface area is 173 Å². The van der Waals surface area contributed by atoms with Crippen LogP contribution in [-0.2, 0) is 16.1 Å². The molecule has 1 aliphatic rings. The van der Waals surface area contributed by atoms with Gasteiger partial charge in [0, 0.05) is 10.7 Å². The monoisotopic (exact) mass is 406 g/mol. The number of furan rings is 1. The van der Waals surface area contributed by atoms with Gasteiger partial charge in [0.05, 0.1) is 18.4 Å². The first kappa shape index (κ1) is 19.0. The van der Waals surface area contributed by atoms with E-state index >= 15 is 0 Å². The van der Waals surface area contributed by atoms with Crippen LogP contribution in [0.5, 0.6) is 0 Å². The van der Waals surface area contributed by atoms with Crippen LogP contribution in [0, 0.1) is 13.8 Å². The molecule has 2 amide bonds. The maximum atomic E-state index is 13.2. The number of rotatable bonds is 5. The first-order valence-corrected chi connectivity index (χ1v) is 9.55. The highest BCUT2D eigenvalue weighted by Gasteiger charge is 2.39. The summed E-state index contributed by atoms with van der Waals surface area (Å²) in [6, 6.07) is 16.4. The molecule has 6 heteroatoms. The third-order valence-corrected chi connectivity index (χ3v) is 5.10. The predicted octanol–water partition coefficient (Wildman–Crippen LogP) is 4.94. The minimum absolute atomic E-state index is 0.0692. The van der Waals surface area contributed by atoms with Crippen LogP contribution in [-0.4, -0.2) is 16.7 Å². The van der Waals surface area contributed by atoms with Crippen molar-refractivity contribution in [2.24, 2.45) is 0 Å². The van der Waals surface area contributed by atoms with E-state index in [0.717, 1.165) is 11.1 Å². The molecule has 0 bridgehead atoms. The summed E-state index contributed by atoms with van der Waals surface area (Å²) >= 11 is 6.13. The number of hydrogen-bond acceptors (Lipinski definition) is 4.